The minimum atomic E-state index is -1.28. The topological polar surface area (TPSA) is 78.5 Å². The van der Waals surface area contributed by atoms with Crippen molar-refractivity contribution >= 4 is 23.5 Å². The van der Waals surface area contributed by atoms with Gasteiger partial charge in [0.1, 0.15) is 23.7 Å². The maximum Gasteiger partial charge on any atom is 0.325 e. The number of halogens is 2. The van der Waals surface area contributed by atoms with Crippen molar-refractivity contribution in [3.05, 3.63) is 90.0 Å². The quantitative estimate of drug-likeness (QED) is 0.547. The predicted octanol–water partition coefficient (Wildman–Crippen LogP) is 4.43. The van der Waals surface area contributed by atoms with Gasteiger partial charge in [-0.25, -0.2) is 13.6 Å². The van der Waals surface area contributed by atoms with Crippen LogP contribution in [0.4, 0.5) is 19.3 Å². The Morgan fingerprint density at radius 3 is 2.27 bits per heavy atom. The zero-order valence-electron chi connectivity index (χ0n) is 17.8. The fraction of sp³-hybridized carbons (Fsp3) is 0.160. The Morgan fingerprint density at radius 1 is 1.00 bits per heavy atom. The van der Waals surface area contributed by atoms with Crippen molar-refractivity contribution in [2.24, 2.45) is 0 Å². The van der Waals surface area contributed by atoms with Gasteiger partial charge in [0.25, 0.3) is 5.91 Å². The van der Waals surface area contributed by atoms with E-state index in [4.69, 9.17) is 0 Å². The van der Waals surface area contributed by atoms with Crippen LogP contribution in [0.25, 0.3) is 11.1 Å². The SMILES string of the molecule is CCC1(c2ccccc2)NC(=O)N(CC(=O)Nc2c(F)cc(F)cc2-c2ccccc2)C1=O. The molecule has 33 heavy (non-hydrogen) atoms. The van der Waals surface area contributed by atoms with E-state index >= 15 is 0 Å². The lowest BCUT2D eigenvalue weighted by atomic mass is 9.87. The molecule has 6 nitrogen and oxygen atoms in total. The summed E-state index contributed by atoms with van der Waals surface area (Å²) in [6.07, 6.45) is 0.282. The number of carbonyl (C=O) groups excluding carboxylic acids is 3. The Balaban J connectivity index is 1.59. The molecule has 1 fully saturated rings. The number of urea groups is 1. The summed E-state index contributed by atoms with van der Waals surface area (Å²) >= 11 is 0. The van der Waals surface area contributed by atoms with Gasteiger partial charge in [-0.05, 0) is 23.6 Å². The van der Waals surface area contributed by atoms with Gasteiger partial charge in [0.05, 0.1) is 5.69 Å². The number of benzene rings is 3. The highest BCUT2D eigenvalue weighted by molar-refractivity contribution is 6.10. The van der Waals surface area contributed by atoms with E-state index in [1.807, 2.05) is 0 Å². The first-order chi connectivity index (χ1) is 15.9. The van der Waals surface area contributed by atoms with Crippen molar-refractivity contribution in [2.75, 3.05) is 11.9 Å². The molecule has 1 atom stereocenters. The number of anilines is 1. The molecule has 0 aliphatic carbocycles. The molecule has 1 aliphatic rings. The van der Waals surface area contributed by atoms with Gasteiger partial charge in [-0.1, -0.05) is 67.6 Å². The molecule has 168 valence electrons. The average Bonchev–Trinajstić information content (AvgIpc) is 3.07. The fourth-order valence-corrected chi connectivity index (χ4v) is 4.00. The Labute approximate surface area is 189 Å². The van der Waals surface area contributed by atoms with Crippen LogP contribution in [0.1, 0.15) is 18.9 Å². The summed E-state index contributed by atoms with van der Waals surface area (Å²) in [5, 5.41) is 5.10. The smallest absolute Gasteiger partial charge is 0.322 e. The Bertz CT molecular complexity index is 1220. The first-order valence-electron chi connectivity index (χ1n) is 10.4. The normalized spacial score (nSPS) is 17.7. The van der Waals surface area contributed by atoms with Crippen molar-refractivity contribution in [1.82, 2.24) is 10.2 Å². The van der Waals surface area contributed by atoms with Gasteiger partial charge in [0.2, 0.25) is 5.91 Å². The van der Waals surface area contributed by atoms with Crippen LogP contribution in [0.3, 0.4) is 0 Å². The molecule has 0 bridgehead atoms. The Kier molecular flexibility index (Phi) is 5.91. The summed E-state index contributed by atoms with van der Waals surface area (Å²) in [7, 11) is 0. The van der Waals surface area contributed by atoms with Crippen molar-refractivity contribution < 1.29 is 23.2 Å². The summed E-state index contributed by atoms with van der Waals surface area (Å²) in [5.74, 6) is -3.12. The molecule has 0 radical (unpaired) electrons. The monoisotopic (exact) mass is 449 g/mol. The van der Waals surface area contributed by atoms with Crippen LogP contribution in [0.2, 0.25) is 0 Å². The third-order valence-corrected chi connectivity index (χ3v) is 5.68. The second-order valence-corrected chi connectivity index (χ2v) is 7.67. The van der Waals surface area contributed by atoms with E-state index in [9.17, 15) is 23.2 Å². The van der Waals surface area contributed by atoms with E-state index < -0.39 is 41.6 Å². The molecule has 4 rings (SSSR count). The highest BCUT2D eigenvalue weighted by Crippen LogP contribution is 2.33. The van der Waals surface area contributed by atoms with E-state index in [1.54, 1.807) is 67.6 Å². The highest BCUT2D eigenvalue weighted by atomic mass is 19.1. The summed E-state index contributed by atoms with van der Waals surface area (Å²) in [6, 6.07) is 18.3. The Hall–Kier alpha value is -4.07. The van der Waals surface area contributed by atoms with Crippen LogP contribution in [-0.4, -0.2) is 29.3 Å². The number of rotatable bonds is 6. The minimum Gasteiger partial charge on any atom is -0.322 e. The van der Waals surface area contributed by atoms with Gasteiger partial charge in [-0.2, -0.15) is 0 Å². The molecular formula is C25H21F2N3O3. The number of carbonyl (C=O) groups is 3. The van der Waals surface area contributed by atoms with E-state index in [2.05, 4.69) is 10.6 Å². The van der Waals surface area contributed by atoms with Crippen LogP contribution in [0.5, 0.6) is 0 Å². The summed E-state index contributed by atoms with van der Waals surface area (Å²) in [6.45, 7) is 1.14. The van der Waals surface area contributed by atoms with Crippen molar-refractivity contribution in [2.45, 2.75) is 18.9 Å². The van der Waals surface area contributed by atoms with Gasteiger partial charge in [-0.15, -0.1) is 0 Å². The molecule has 0 spiro atoms. The lowest BCUT2D eigenvalue weighted by molar-refractivity contribution is -0.134. The van der Waals surface area contributed by atoms with Crippen LogP contribution in [0, 0.1) is 11.6 Å². The maximum atomic E-state index is 14.6. The third-order valence-electron chi connectivity index (χ3n) is 5.68. The zero-order chi connectivity index (χ0) is 23.6. The number of imide groups is 1. The van der Waals surface area contributed by atoms with E-state index in [-0.39, 0.29) is 17.7 Å². The first kappa shape index (κ1) is 22.1. The average molecular weight is 449 g/mol. The number of nitrogens with one attached hydrogen (secondary N) is 2. The number of hydrogen-bond donors (Lipinski definition) is 2. The highest BCUT2D eigenvalue weighted by Gasteiger charge is 2.51. The van der Waals surface area contributed by atoms with Gasteiger partial charge in [0.15, 0.2) is 0 Å². The molecule has 1 heterocycles. The van der Waals surface area contributed by atoms with E-state index in [0.717, 1.165) is 11.0 Å². The molecule has 1 unspecified atom stereocenters. The minimum absolute atomic E-state index is 0.144. The standard InChI is InChI=1S/C25H21F2N3O3/c1-2-25(17-11-7-4-8-12-17)23(32)30(24(33)29-25)15-21(31)28-22-19(13-18(26)14-20(22)27)16-9-5-3-6-10-16/h3-14H,2,15H2,1H3,(H,28,31)(H,29,33). The molecule has 1 aliphatic heterocycles. The number of hydrogen-bond acceptors (Lipinski definition) is 3. The van der Waals surface area contributed by atoms with Gasteiger partial charge < -0.3 is 10.6 Å². The predicted molar refractivity (Wildman–Crippen MR) is 119 cm³/mol. The molecule has 0 aromatic heterocycles. The van der Waals surface area contributed by atoms with E-state index in [1.165, 1.54) is 0 Å². The van der Waals surface area contributed by atoms with Crippen LogP contribution in [-0.2, 0) is 15.1 Å². The zero-order valence-corrected chi connectivity index (χ0v) is 17.8. The maximum absolute atomic E-state index is 14.6. The lowest BCUT2D eigenvalue weighted by Gasteiger charge is -2.25. The second kappa shape index (κ2) is 8.82. The second-order valence-electron chi connectivity index (χ2n) is 7.67. The molecule has 2 N–H and O–H groups in total. The van der Waals surface area contributed by atoms with Crippen LogP contribution in [0.15, 0.2) is 72.8 Å². The lowest BCUT2D eigenvalue weighted by Crippen LogP contribution is -2.44. The van der Waals surface area contributed by atoms with Gasteiger partial charge in [-0.3, -0.25) is 14.5 Å². The van der Waals surface area contributed by atoms with Crippen molar-refractivity contribution in [1.29, 1.82) is 0 Å². The fourth-order valence-electron chi connectivity index (χ4n) is 4.00. The van der Waals surface area contributed by atoms with E-state index in [0.29, 0.717) is 17.2 Å². The molecule has 8 heteroatoms. The Morgan fingerprint density at radius 2 is 1.64 bits per heavy atom. The van der Waals surface area contributed by atoms with Crippen LogP contribution >= 0.6 is 0 Å². The third kappa shape index (κ3) is 4.07. The van der Waals surface area contributed by atoms with Gasteiger partial charge in [0, 0.05) is 11.6 Å². The van der Waals surface area contributed by atoms with Crippen LogP contribution < -0.4 is 10.6 Å². The molecule has 1 saturated heterocycles. The summed E-state index contributed by atoms with van der Waals surface area (Å²) < 4.78 is 28.5. The molecule has 0 saturated carbocycles. The van der Waals surface area contributed by atoms with Gasteiger partial charge >= 0.3 is 6.03 Å². The molecule has 3 aromatic carbocycles. The van der Waals surface area contributed by atoms with Crippen molar-refractivity contribution in [3.63, 3.8) is 0 Å². The van der Waals surface area contributed by atoms with Crippen molar-refractivity contribution in [3.8, 4) is 11.1 Å². The summed E-state index contributed by atoms with van der Waals surface area (Å²) in [4.78, 5) is 39.4. The molecule has 3 aromatic rings. The molecule has 4 amide bonds. The molecular weight excluding hydrogens is 428 g/mol. The largest absolute Gasteiger partial charge is 0.325 e. The first-order valence-corrected chi connectivity index (χ1v) is 10.4. The number of nitrogens with zero attached hydrogens (tertiary/aromatic N) is 1. The summed E-state index contributed by atoms with van der Waals surface area (Å²) in [5.41, 5.74) is -0.273. The number of amides is 4.